The number of halogens is 1. The van der Waals surface area contributed by atoms with Crippen LogP contribution >= 0.6 is 0 Å². The Bertz CT molecular complexity index is 281. The van der Waals surface area contributed by atoms with Crippen molar-refractivity contribution in [3.63, 3.8) is 0 Å². The summed E-state index contributed by atoms with van der Waals surface area (Å²) >= 11 is 0. The Balaban J connectivity index is 0. The molecule has 2 unspecified atom stereocenters. The number of nitrogens with one attached hydrogen (secondary N) is 2. The third-order valence-electron chi connectivity index (χ3n) is 2.83. The number of carbonyl (C=O) groups excluding carboxylic acids is 1. The van der Waals surface area contributed by atoms with E-state index in [2.05, 4.69) is 24.5 Å². The molecule has 6 nitrogen and oxygen atoms in total. The first-order valence-corrected chi connectivity index (χ1v) is 8.82. The lowest BCUT2D eigenvalue weighted by molar-refractivity contribution is -0.119. The van der Waals surface area contributed by atoms with Gasteiger partial charge in [-0.1, -0.05) is 27.7 Å². The number of hydrogen-bond acceptors (Lipinski definition) is 5. The summed E-state index contributed by atoms with van der Waals surface area (Å²) in [6.07, 6.45) is -1.80. The van der Waals surface area contributed by atoms with Crippen LogP contribution in [0.25, 0.3) is 0 Å². The van der Waals surface area contributed by atoms with Gasteiger partial charge in [-0.05, 0) is 6.92 Å². The maximum Gasteiger partial charge on any atom is 0.216 e. The Kier molecular flexibility index (Phi) is 19.7. The molecule has 0 rings (SSSR count). The molecule has 0 aliphatic heterocycles. The van der Waals surface area contributed by atoms with Crippen molar-refractivity contribution in [1.29, 1.82) is 0 Å². The second-order valence-electron chi connectivity index (χ2n) is 5.36. The van der Waals surface area contributed by atoms with Gasteiger partial charge >= 0.3 is 0 Å². The molecule has 0 saturated carbocycles. The lowest BCUT2D eigenvalue weighted by atomic mass is 10.2. The summed E-state index contributed by atoms with van der Waals surface area (Å²) in [5.74, 6) is -0.248. The van der Waals surface area contributed by atoms with Crippen LogP contribution in [-0.4, -0.2) is 70.3 Å². The van der Waals surface area contributed by atoms with Gasteiger partial charge in [0.25, 0.3) is 0 Å². The molecule has 0 aromatic rings. The van der Waals surface area contributed by atoms with Crippen LogP contribution in [0.15, 0.2) is 0 Å². The fourth-order valence-electron chi connectivity index (χ4n) is 1.55. The number of ether oxygens (including phenoxy) is 3. The molecule has 7 heteroatoms. The molecule has 0 heterocycles. The molecule has 0 aliphatic carbocycles. The maximum absolute atomic E-state index is 13.6. The highest BCUT2D eigenvalue weighted by atomic mass is 19.1. The van der Waals surface area contributed by atoms with Gasteiger partial charge in [0.1, 0.15) is 6.17 Å². The molecule has 0 spiro atoms. The molecule has 0 aromatic carbocycles. The van der Waals surface area contributed by atoms with Crippen LogP contribution in [0, 0.1) is 0 Å². The van der Waals surface area contributed by atoms with E-state index >= 15 is 0 Å². The van der Waals surface area contributed by atoms with Crippen LogP contribution < -0.4 is 10.6 Å². The lowest BCUT2D eigenvalue weighted by Crippen LogP contribution is -2.35. The Morgan fingerprint density at radius 3 is 2.08 bits per heavy atom. The molecule has 1 amide bonds. The smallest absolute Gasteiger partial charge is 0.216 e. The van der Waals surface area contributed by atoms with Crippen LogP contribution in [0.2, 0.25) is 0 Å². The van der Waals surface area contributed by atoms with Crippen molar-refractivity contribution in [2.24, 2.45) is 0 Å². The molecule has 0 bridgehead atoms. The third kappa shape index (κ3) is 19.3. The molecule has 24 heavy (non-hydrogen) atoms. The van der Waals surface area contributed by atoms with Gasteiger partial charge in [-0.3, -0.25) is 4.79 Å². The van der Waals surface area contributed by atoms with E-state index in [-0.39, 0.29) is 12.5 Å². The predicted molar refractivity (Wildman–Crippen MR) is 95.1 cm³/mol. The van der Waals surface area contributed by atoms with Gasteiger partial charge in [0.15, 0.2) is 0 Å². The van der Waals surface area contributed by atoms with Gasteiger partial charge in [0.05, 0.1) is 45.7 Å². The van der Waals surface area contributed by atoms with Crippen molar-refractivity contribution in [3.8, 4) is 0 Å². The zero-order chi connectivity index (χ0) is 18.8. The highest BCUT2D eigenvalue weighted by Crippen LogP contribution is 2.02. The van der Waals surface area contributed by atoms with Gasteiger partial charge in [-0.25, -0.2) is 4.39 Å². The average Bonchev–Trinajstić information content (AvgIpc) is 2.55. The van der Waals surface area contributed by atoms with Crippen molar-refractivity contribution in [2.45, 2.75) is 59.9 Å². The van der Waals surface area contributed by atoms with Crippen LogP contribution in [0.1, 0.15) is 41.5 Å². The van der Waals surface area contributed by atoms with E-state index in [1.165, 1.54) is 6.92 Å². The summed E-state index contributed by atoms with van der Waals surface area (Å²) in [5, 5.41) is 5.67. The molecule has 0 fully saturated rings. The van der Waals surface area contributed by atoms with Crippen molar-refractivity contribution in [2.75, 3.05) is 46.1 Å². The predicted octanol–water partition coefficient (Wildman–Crippen LogP) is 1.92. The Labute approximate surface area is 146 Å². The third-order valence-corrected chi connectivity index (χ3v) is 2.83. The van der Waals surface area contributed by atoms with Gasteiger partial charge in [-0.15, -0.1) is 0 Å². The van der Waals surface area contributed by atoms with Crippen LogP contribution in [0.3, 0.4) is 0 Å². The van der Waals surface area contributed by atoms with Crippen LogP contribution in [-0.2, 0) is 19.0 Å². The second-order valence-corrected chi connectivity index (χ2v) is 5.36. The Hall–Kier alpha value is -0.760. The van der Waals surface area contributed by atoms with Gasteiger partial charge < -0.3 is 24.8 Å². The molecule has 0 saturated heterocycles. The first-order valence-electron chi connectivity index (χ1n) is 8.82. The summed E-state index contributed by atoms with van der Waals surface area (Å²) in [5.41, 5.74) is 0. The topological polar surface area (TPSA) is 68.8 Å². The van der Waals surface area contributed by atoms with Gasteiger partial charge in [0.2, 0.25) is 5.91 Å². The summed E-state index contributed by atoms with van der Waals surface area (Å²) in [7, 11) is 0. The molecule has 2 N–H and O–H groups in total. The van der Waals surface area contributed by atoms with Crippen molar-refractivity contribution in [3.05, 3.63) is 0 Å². The van der Waals surface area contributed by atoms with Crippen LogP contribution in [0.5, 0.6) is 0 Å². The SMILES string of the molecule is CC.CC(=O)NCC(F)C(C)OCCOCCOCCNC(C)C. The molecular weight excluding hydrogens is 315 g/mol. The molecule has 2 atom stereocenters. The minimum absolute atomic E-state index is 0.0321. The fraction of sp³-hybridized carbons (Fsp3) is 0.941. The molecule has 146 valence electrons. The van der Waals surface area contributed by atoms with Crippen molar-refractivity contribution in [1.82, 2.24) is 10.6 Å². The maximum atomic E-state index is 13.6. The number of amides is 1. The Morgan fingerprint density at radius 1 is 1.00 bits per heavy atom. The molecular formula is C17H37FN2O4. The monoisotopic (exact) mass is 352 g/mol. The van der Waals surface area contributed by atoms with E-state index in [1.807, 2.05) is 13.8 Å². The summed E-state index contributed by atoms with van der Waals surface area (Å²) in [4.78, 5) is 10.7. The average molecular weight is 352 g/mol. The first-order chi connectivity index (χ1) is 11.4. The summed E-state index contributed by atoms with van der Waals surface area (Å²) in [6.45, 7) is 14.3. The number of alkyl halides is 1. The number of hydrogen-bond donors (Lipinski definition) is 2. The Morgan fingerprint density at radius 2 is 1.54 bits per heavy atom. The first kappa shape index (κ1) is 25.5. The van der Waals surface area contributed by atoms with E-state index in [1.54, 1.807) is 6.92 Å². The molecule has 0 aliphatic rings. The number of carbonyl (C=O) groups is 1. The minimum Gasteiger partial charge on any atom is -0.378 e. The standard InChI is InChI=1S/C15H31FN2O4.C2H6/c1-12(2)17-5-6-20-7-8-21-9-10-22-13(3)15(16)11-18-14(4)19;1-2/h12-13,15,17H,5-11H2,1-4H3,(H,18,19);1-2H3. The lowest BCUT2D eigenvalue weighted by Gasteiger charge is -2.17. The van der Waals surface area contributed by atoms with Gasteiger partial charge in [0, 0.05) is 19.5 Å². The van der Waals surface area contributed by atoms with Crippen molar-refractivity contribution >= 4 is 5.91 Å². The zero-order valence-electron chi connectivity index (χ0n) is 16.2. The highest BCUT2D eigenvalue weighted by Gasteiger charge is 2.16. The van der Waals surface area contributed by atoms with Crippen LogP contribution in [0.4, 0.5) is 4.39 Å². The fourth-order valence-corrected chi connectivity index (χ4v) is 1.55. The minimum atomic E-state index is -1.22. The van der Waals surface area contributed by atoms with E-state index in [0.717, 1.165) is 6.54 Å². The van der Waals surface area contributed by atoms with E-state index in [9.17, 15) is 9.18 Å². The second kappa shape index (κ2) is 18.6. The van der Waals surface area contributed by atoms with Crippen molar-refractivity contribution < 1.29 is 23.4 Å². The highest BCUT2D eigenvalue weighted by molar-refractivity contribution is 5.72. The largest absolute Gasteiger partial charge is 0.378 e. The van der Waals surface area contributed by atoms with E-state index in [0.29, 0.717) is 39.1 Å². The number of rotatable bonds is 14. The quantitative estimate of drug-likeness (QED) is 0.468. The van der Waals surface area contributed by atoms with E-state index < -0.39 is 12.3 Å². The normalized spacial score (nSPS) is 13.2. The van der Waals surface area contributed by atoms with E-state index in [4.69, 9.17) is 14.2 Å². The molecule has 0 radical (unpaired) electrons. The molecule has 0 aromatic heterocycles. The zero-order valence-corrected chi connectivity index (χ0v) is 16.2. The summed E-state index contributed by atoms with van der Waals surface area (Å²) < 4.78 is 29.6. The summed E-state index contributed by atoms with van der Waals surface area (Å²) in [6, 6.07) is 0.462. The van der Waals surface area contributed by atoms with Gasteiger partial charge in [-0.2, -0.15) is 0 Å².